The van der Waals surface area contributed by atoms with E-state index in [1.54, 1.807) is 4.68 Å². The monoisotopic (exact) mass is 385 g/mol. The van der Waals surface area contributed by atoms with Crippen molar-refractivity contribution in [2.45, 2.75) is 38.5 Å². The summed E-state index contributed by atoms with van der Waals surface area (Å²) in [6.07, 6.45) is 7.03. The van der Waals surface area contributed by atoms with Crippen molar-refractivity contribution in [1.82, 2.24) is 35.4 Å². The first-order chi connectivity index (χ1) is 13.8. The van der Waals surface area contributed by atoms with Gasteiger partial charge >= 0.3 is 0 Å². The van der Waals surface area contributed by atoms with E-state index in [9.17, 15) is 0 Å². The average Bonchev–Trinajstić information content (AvgIpc) is 3.48. The van der Waals surface area contributed by atoms with E-state index in [1.807, 2.05) is 7.05 Å². The third kappa shape index (κ3) is 3.00. The van der Waals surface area contributed by atoms with Crippen LogP contribution in [0.3, 0.4) is 0 Å². The largest absolute Gasteiger partial charge is 0.352 e. The fourth-order valence-electron chi connectivity index (χ4n) is 3.97. The number of nitrogens with zero attached hydrogens (tertiary/aromatic N) is 9. The first kappa shape index (κ1) is 17.1. The summed E-state index contributed by atoms with van der Waals surface area (Å²) in [7, 11) is 1.83. The highest BCUT2D eigenvalue weighted by Gasteiger charge is 2.28. The Labute approximate surface area is 161 Å². The van der Waals surface area contributed by atoms with Crippen LogP contribution in [0.4, 0.5) is 11.6 Å². The predicted molar refractivity (Wildman–Crippen MR) is 99.7 cm³/mol. The van der Waals surface area contributed by atoms with Gasteiger partial charge in [0.2, 0.25) is 17.5 Å². The van der Waals surface area contributed by atoms with Crippen molar-refractivity contribution in [3.05, 3.63) is 0 Å². The molecule has 11 nitrogen and oxygen atoms in total. The standard InChI is InChI=1S/C17H23N9O2/c1-24-15(13-17(23-28-21-13)26-10-6-3-7-11-26)18-14(19-24)12-16(22-27-20-12)25-8-4-2-5-9-25/h2-11H2,1H3. The van der Waals surface area contributed by atoms with Gasteiger partial charge in [0.15, 0.2) is 17.2 Å². The number of piperidine rings is 2. The molecule has 28 heavy (non-hydrogen) atoms. The Morgan fingerprint density at radius 1 is 0.679 bits per heavy atom. The van der Waals surface area contributed by atoms with Gasteiger partial charge in [-0.3, -0.25) is 0 Å². The molecular weight excluding hydrogens is 362 g/mol. The SMILES string of the molecule is Cn1nc(-c2nonc2N2CCCCC2)nc1-c1nonc1N1CCCCC1. The number of anilines is 2. The van der Waals surface area contributed by atoms with Gasteiger partial charge in [0, 0.05) is 33.2 Å². The summed E-state index contributed by atoms with van der Waals surface area (Å²) >= 11 is 0. The zero-order chi connectivity index (χ0) is 18.9. The van der Waals surface area contributed by atoms with Crippen LogP contribution in [-0.4, -0.2) is 61.6 Å². The Morgan fingerprint density at radius 2 is 1.21 bits per heavy atom. The molecule has 2 aliphatic heterocycles. The molecule has 5 heterocycles. The lowest BCUT2D eigenvalue weighted by Gasteiger charge is -2.26. The van der Waals surface area contributed by atoms with Crippen LogP contribution in [0.5, 0.6) is 0 Å². The lowest BCUT2D eigenvalue weighted by Crippen LogP contribution is -2.30. The molecule has 0 radical (unpaired) electrons. The minimum atomic E-state index is 0.465. The first-order valence-corrected chi connectivity index (χ1v) is 9.88. The van der Waals surface area contributed by atoms with Crippen LogP contribution in [-0.2, 0) is 7.05 Å². The average molecular weight is 385 g/mol. The van der Waals surface area contributed by atoms with Crippen molar-refractivity contribution < 1.29 is 9.26 Å². The summed E-state index contributed by atoms with van der Waals surface area (Å²) in [5, 5.41) is 21.0. The lowest BCUT2D eigenvalue weighted by molar-refractivity contribution is 0.307. The van der Waals surface area contributed by atoms with E-state index >= 15 is 0 Å². The third-order valence-corrected chi connectivity index (χ3v) is 5.44. The van der Waals surface area contributed by atoms with Crippen LogP contribution < -0.4 is 9.80 Å². The molecule has 0 amide bonds. The topological polar surface area (TPSA) is 115 Å². The van der Waals surface area contributed by atoms with Gasteiger partial charge in [0.05, 0.1) is 0 Å². The van der Waals surface area contributed by atoms with Crippen molar-refractivity contribution >= 4 is 11.6 Å². The fraction of sp³-hybridized carbons (Fsp3) is 0.647. The molecule has 148 valence electrons. The van der Waals surface area contributed by atoms with Gasteiger partial charge in [-0.15, -0.1) is 5.10 Å². The second-order valence-corrected chi connectivity index (χ2v) is 7.35. The van der Waals surface area contributed by atoms with Crippen molar-refractivity contribution in [3.8, 4) is 23.0 Å². The van der Waals surface area contributed by atoms with Crippen molar-refractivity contribution in [3.63, 3.8) is 0 Å². The lowest BCUT2D eigenvalue weighted by atomic mass is 10.1. The molecule has 5 rings (SSSR count). The Balaban J connectivity index is 1.48. The van der Waals surface area contributed by atoms with Crippen LogP contribution >= 0.6 is 0 Å². The van der Waals surface area contributed by atoms with E-state index in [1.165, 1.54) is 12.8 Å². The van der Waals surface area contributed by atoms with Crippen LogP contribution in [0.1, 0.15) is 38.5 Å². The number of hydrogen-bond donors (Lipinski definition) is 0. The van der Waals surface area contributed by atoms with Crippen LogP contribution in [0.25, 0.3) is 23.0 Å². The summed E-state index contributed by atoms with van der Waals surface area (Å²) in [5.41, 5.74) is 1.15. The van der Waals surface area contributed by atoms with E-state index in [2.05, 4.69) is 40.5 Å². The number of hydrogen-bond acceptors (Lipinski definition) is 10. The van der Waals surface area contributed by atoms with E-state index in [0.29, 0.717) is 28.9 Å². The zero-order valence-corrected chi connectivity index (χ0v) is 15.9. The van der Waals surface area contributed by atoms with Crippen molar-refractivity contribution in [1.29, 1.82) is 0 Å². The molecule has 2 saturated heterocycles. The van der Waals surface area contributed by atoms with Gasteiger partial charge in [-0.25, -0.2) is 18.9 Å². The highest BCUT2D eigenvalue weighted by molar-refractivity contribution is 5.71. The summed E-state index contributed by atoms with van der Waals surface area (Å²) in [4.78, 5) is 9.06. The molecule has 0 bridgehead atoms. The molecule has 0 atom stereocenters. The molecule has 0 aromatic carbocycles. The molecule has 0 saturated carbocycles. The number of aromatic nitrogens is 7. The Morgan fingerprint density at radius 3 is 1.82 bits per heavy atom. The fourth-order valence-corrected chi connectivity index (χ4v) is 3.97. The van der Waals surface area contributed by atoms with Gasteiger partial charge < -0.3 is 9.80 Å². The predicted octanol–water partition coefficient (Wildman–Crippen LogP) is 1.90. The number of aryl methyl sites for hydroxylation is 1. The highest BCUT2D eigenvalue weighted by Crippen LogP contribution is 2.32. The molecule has 11 heteroatoms. The maximum absolute atomic E-state index is 5.05. The molecule has 2 aliphatic rings. The Bertz CT molecular complexity index is 934. The molecule has 0 spiro atoms. The quantitative estimate of drug-likeness (QED) is 0.659. The van der Waals surface area contributed by atoms with Gasteiger partial charge in [0.1, 0.15) is 0 Å². The normalized spacial score (nSPS) is 18.0. The summed E-state index contributed by atoms with van der Waals surface area (Å²) in [5.74, 6) is 2.47. The van der Waals surface area contributed by atoms with Crippen molar-refractivity contribution in [2.75, 3.05) is 36.0 Å². The van der Waals surface area contributed by atoms with Crippen LogP contribution in [0.2, 0.25) is 0 Å². The minimum Gasteiger partial charge on any atom is -0.352 e. The van der Waals surface area contributed by atoms with Crippen LogP contribution in [0, 0.1) is 0 Å². The maximum Gasteiger partial charge on any atom is 0.207 e. The maximum atomic E-state index is 5.05. The smallest absolute Gasteiger partial charge is 0.207 e. The molecule has 0 unspecified atom stereocenters. The third-order valence-electron chi connectivity index (χ3n) is 5.44. The van der Waals surface area contributed by atoms with Gasteiger partial charge in [-0.1, -0.05) is 0 Å². The zero-order valence-electron chi connectivity index (χ0n) is 15.9. The number of rotatable bonds is 4. The van der Waals surface area contributed by atoms with E-state index in [4.69, 9.17) is 9.26 Å². The Kier molecular flexibility index (Phi) is 4.41. The molecule has 3 aromatic heterocycles. The van der Waals surface area contributed by atoms with E-state index in [0.717, 1.165) is 57.7 Å². The molecular formula is C17H23N9O2. The van der Waals surface area contributed by atoms with E-state index < -0.39 is 0 Å². The van der Waals surface area contributed by atoms with Crippen molar-refractivity contribution in [2.24, 2.45) is 7.05 Å². The van der Waals surface area contributed by atoms with E-state index in [-0.39, 0.29) is 0 Å². The second-order valence-electron chi connectivity index (χ2n) is 7.35. The van der Waals surface area contributed by atoms with Gasteiger partial charge in [0.25, 0.3) is 0 Å². The summed E-state index contributed by atoms with van der Waals surface area (Å²) in [6.45, 7) is 3.76. The summed E-state index contributed by atoms with van der Waals surface area (Å²) in [6, 6.07) is 0. The first-order valence-electron chi connectivity index (χ1n) is 9.88. The van der Waals surface area contributed by atoms with Gasteiger partial charge in [-0.05, 0) is 59.2 Å². The highest BCUT2D eigenvalue weighted by atomic mass is 16.6. The Hall–Kier alpha value is -2.98. The summed E-state index contributed by atoms with van der Waals surface area (Å²) < 4.78 is 11.8. The van der Waals surface area contributed by atoms with Gasteiger partial charge in [-0.2, -0.15) is 0 Å². The molecule has 0 N–H and O–H groups in total. The molecule has 0 aliphatic carbocycles. The minimum absolute atomic E-state index is 0.465. The molecule has 3 aromatic rings. The van der Waals surface area contributed by atoms with Crippen LogP contribution in [0.15, 0.2) is 9.26 Å². The second kappa shape index (κ2) is 7.21. The molecule has 2 fully saturated rings.